The van der Waals surface area contributed by atoms with E-state index in [0.717, 1.165) is 30.6 Å². The summed E-state index contributed by atoms with van der Waals surface area (Å²) in [4.78, 5) is 2.15. The van der Waals surface area contributed by atoms with E-state index in [-0.39, 0.29) is 11.9 Å². The smallest absolute Gasteiger partial charge is 0.123 e. The number of hydrogen-bond donors (Lipinski definition) is 1. The van der Waals surface area contributed by atoms with Crippen LogP contribution in [0.25, 0.3) is 0 Å². The van der Waals surface area contributed by atoms with Gasteiger partial charge in [-0.2, -0.15) is 0 Å². The van der Waals surface area contributed by atoms with E-state index in [1.807, 2.05) is 13.0 Å². The second kappa shape index (κ2) is 6.72. The molecule has 2 nitrogen and oxygen atoms in total. The average Bonchev–Trinajstić information content (AvgIpc) is 2.27. The summed E-state index contributed by atoms with van der Waals surface area (Å²) in [5.74, 6) is -0.154. The van der Waals surface area contributed by atoms with Crippen molar-refractivity contribution in [1.29, 1.82) is 0 Å². The van der Waals surface area contributed by atoms with Gasteiger partial charge in [-0.3, -0.25) is 0 Å². The molecule has 1 N–H and O–H groups in total. The molecule has 96 valence electrons. The van der Waals surface area contributed by atoms with Crippen LogP contribution < -0.4 is 5.32 Å². The van der Waals surface area contributed by atoms with E-state index in [0.29, 0.717) is 0 Å². The fraction of sp³-hybridized carbons (Fsp3) is 0.571. The average molecular weight is 238 g/mol. The van der Waals surface area contributed by atoms with Crippen LogP contribution in [0.2, 0.25) is 0 Å². The first-order valence-electron chi connectivity index (χ1n) is 6.18. The number of aryl methyl sites for hydroxylation is 1. The number of benzene rings is 1. The highest BCUT2D eigenvalue weighted by Gasteiger charge is 2.13. The van der Waals surface area contributed by atoms with Crippen molar-refractivity contribution in [1.82, 2.24) is 10.2 Å². The molecule has 0 bridgehead atoms. The molecule has 0 amide bonds. The lowest BCUT2D eigenvalue weighted by atomic mass is 9.98. The van der Waals surface area contributed by atoms with E-state index in [1.165, 1.54) is 6.07 Å². The first kappa shape index (κ1) is 14.1. The Labute approximate surface area is 104 Å². The SMILES string of the molecule is CCNC(CCN(C)C)c1cc(F)ccc1C. The van der Waals surface area contributed by atoms with Gasteiger partial charge in [0.15, 0.2) is 0 Å². The Morgan fingerprint density at radius 3 is 2.65 bits per heavy atom. The largest absolute Gasteiger partial charge is 0.310 e. The lowest BCUT2D eigenvalue weighted by Gasteiger charge is -2.22. The fourth-order valence-corrected chi connectivity index (χ4v) is 1.99. The molecule has 0 saturated heterocycles. The van der Waals surface area contributed by atoms with Gasteiger partial charge in [0.1, 0.15) is 5.82 Å². The maximum atomic E-state index is 13.3. The highest BCUT2D eigenvalue weighted by molar-refractivity contribution is 5.29. The van der Waals surface area contributed by atoms with Gasteiger partial charge in [-0.05, 0) is 63.8 Å². The highest BCUT2D eigenvalue weighted by Crippen LogP contribution is 2.21. The van der Waals surface area contributed by atoms with Crippen molar-refractivity contribution in [2.24, 2.45) is 0 Å². The van der Waals surface area contributed by atoms with Crippen LogP contribution in [-0.4, -0.2) is 32.1 Å². The van der Waals surface area contributed by atoms with Gasteiger partial charge in [0.25, 0.3) is 0 Å². The van der Waals surface area contributed by atoms with Gasteiger partial charge in [0, 0.05) is 6.04 Å². The predicted octanol–water partition coefficient (Wildman–Crippen LogP) is 2.74. The van der Waals surface area contributed by atoms with Crippen LogP contribution in [0.15, 0.2) is 18.2 Å². The minimum absolute atomic E-state index is 0.154. The van der Waals surface area contributed by atoms with Crippen molar-refractivity contribution >= 4 is 0 Å². The van der Waals surface area contributed by atoms with E-state index in [4.69, 9.17) is 0 Å². The van der Waals surface area contributed by atoms with Gasteiger partial charge in [-0.25, -0.2) is 4.39 Å². The molecule has 1 aromatic carbocycles. The lowest BCUT2D eigenvalue weighted by molar-refractivity contribution is 0.362. The van der Waals surface area contributed by atoms with Crippen molar-refractivity contribution in [2.75, 3.05) is 27.2 Å². The molecule has 0 aliphatic carbocycles. The van der Waals surface area contributed by atoms with Crippen LogP contribution in [-0.2, 0) is 0 Å². The zero-order chi connectivity index (χ0) is 12.8. The van der Waals surface area contributed by atoms with Gasteiger partial charge in [0.2, 0.25) is 0 Å². The molecule has 0 heterocycles. The predicted molar refractivity (Wildman–Crippen MR) is 70.7 cm³/mol. The molecule has 0 fully saturated rings. The van der Waals surface area contributed by atoms with Crippen LogP contribution in [0.1, 0.15) is 30.5 Å². The Hall–Kier alpha value is -0.930. The molecule has 1 aromatic rings. The summed E-state index contributed by atoms with van der Waals surface area (Å²) < 4.78 is 13.3. The third-order valence-corrected chi connectivity index (χ3v) is 2.93. The Morgan fingerprint density at radius 2 is 2.06 bits per heavy atom. The summed E-state index contributed by atoms with van der Waals surface area (Å²) in [5.41, 5.74) is 2.23. The van der Waals surface area contributed by atoms with E-state index in [1.54, 1.807) is 6.07 Å². The van der Waals surface area contributed by atoms with Crippen molar-refractivity contribution < 1.29 is 4.39 Å². The van der Waals surface area contributed by atoms with Gasteiger partial charge in [0.05, 0.1) is 0 Å². The summed E-state index contributed by atoms with van der Waals surface area (Å²) in [6, 6.07) is 5.26. The van der Waals surface area contributed by atoms with Crippen molar-refractivity contribution in [3.05, 3.63) is 35.1 Å². The molecule has 0 aromatic heterocycles. The van der Waals surface area contributed by atoms with Gasteiger partial charge in [-0.15, -0.1) is 0 Å². The minimum Gasteiger partial charge on any atom is -0.310 e. The first-order chi connectivity index (χ1) is 8.04. The molecule has 0 spiro atoms. The van der Waals surface area contributed by atoms with Crippen LogP contribution in [0, 0.1) is 12.7 Å². The number of nitrogens with zero attached hydrogens (tertiary/aromatic N) is 1. The maximum absolute atomic E-state index is 13.3. The number of halogens is 1. The summed E-state index contributed by atoms with van der Waals surface area (Å²) in [5, 5.41) is 3.43. The summed E-state index contributed by atoms with van der Waals surface area (Å²) in [6.07, 6.45) is 0.991. The standard InChI is InChI=1S/C14H23FN2/c1-5-16-14(8-9-17(3)4)13-10-12(15)7-6-11(13)2/h6-7,10,14,16H,5,8-9H2,1-4H3. The molecule has 1 rings (SSSR count). The zero-order valence-electron chi connectivity index (χ0n) is 11.3. The Balaban J connectivity index is 2.84. The van der Waals surface area contributed by atoms with Crippen molar-refractivity contribution in [3.63, 3.8) is 0 Å². The molecule has 0 aliphatic heterocycles. The molecule has 1 unspecified atom stereocenters. The third kappa shape index (κ3) is 4.44. The Bertz CT molecular complexity index is 350. The van der Waals surface area contributed by atoms with E-state index < -0.39 is 0 Å². The second-order valence-corrected chi connectivity index (χ2v) is 4.70. The van der Waals surface area contributed by atoms with Crippen LogP contribution in [0.5, 0.6) is 0 Å². The zero-order valence-corrected chi connectivity index (χ0v) is 11.3. The van der Waals surface area contributed by atoms with Crippen molar-refractivity contribution in [2.45, 2.75) is 26.3 Å². The summed E-state index contributed by atoms with van der Waals surface area (Å²) in [7, 11) is 4.11. The second-order valence-electron chi connectivity index (χ2n) is 4.70. The monoisotopic (exact) mass is 238 g/mol. The summed E-state index contributed by atoms with van der Waals surface area (Å²) >= 11 is 0. The fourth-order valence-electron chi connectivity index (χ4n) is 1.99. The highest BCUT2D eigenvalue weighted by atomic mass is 19.1. The van der Waals surface area contributed by atoms with Gasteiger partial charge in [-0.1, -0.05) is 13.0 Å². The molecular formula is C14H23FN2. The number of hydrogen-bond acceptors (Lipinski definition) is 2. The van der Waals surface area contributed by atoms with Crippen molar-refractivity contribution in [3.8, 4) is 0 Å². The van der Waals surface area contributed by atoms with Crippen LogP contribution in [0.4, 0.5) is 4.39 Å². The van der Waals surface area contributed by atoms with E-state index in [2.05, 4.69) is 31.2 Å². The van der Waals surface area contributed by atoms with Gasteiger partial charge >= 0.3 is 0 Å². The molecule has 17 heavy (non-hydrogen) atoms. The molecule has 0 saturated carbocycles. The van der Waals surface area contributed by atoms with Gasteiger partial charge < -0.3 is 10.2 Å². The summed E-state index contributed by atoms with van der Waals surface area (Å²) in [6.45, 7) is 6.01. The van der Waals surface area contributed by atoms with Crippen LogP contribution >= 0.6 is 0 Å². The molecule has 3 heteroatoms. The third-order valence-electron chi connectivity index (χ3n) is 2.93. The Kier molecular flexibility index (Phi) is 5.59. The molecular weight excluding hydrogens is 215 g/mol. The topological polar surface area (TPSA) is 15.3 Å². The number of nitrogens with one attached hydrogen (secondary N) is 1. The quantitative estimate of drug-likeness (QED) is 0.820. The number of rotatable bonds is 6. The molecule has 0 radical (unpaired) electrons. The maximum Gasteiger partial charge on any atom is 0.123 e. The first-order valence-corrected chi connectivity index (χ1v) is 6.18. The lowest BCUT2D eigenvalue weighted by Crippen LogP contribution is -2.26. The normalized spacial score (nSPS) is 13.1. The molecule has 1 atom stereocenters. The molecule has 0 aliphatic rings. The van der Waals surface area contributed by atoms with E-state index in [9.17, 15) is 4.39 Å². The minimum atomic E-state index is -0.154. The van der Waals surface area contributed by atoms with Crippen LogP contribution in [0.3, 0.4) is 0 Å². The Morgan fingerprint density at radius 1 is 1.35 bits per heavy atom. The van der Waals surface area contributed by atoms with E-state index >= 15 is 0 Å².